The molecule has 0 radical (unpaired) electrons. The van der Waals surface area contributed by atoms with Crippen molar-refractivity contribution in [2.45, 2.75) is 19.9 Å². The van der Waals surface area contributed by atoms with E-state index in [1.54, 1.807) is 24.3 Å². The topological polar surface area (TPSA) is 136 Å². The number of Topliss-reactive ketones (excluding diaryl/α,β-unsaturated/α-hetero) is 1. The third kappa shape index (κ3) is 3.90. The summed E-state index contributed by atoms with van der Waals surface area (Å²) in [6, 6.07) is 15.0. The van der Waals surface area contributed by atoms with Crippen LogP contribution < -0.4 is 9.64 Å². The molecular weight excluding hydrogens is 534 g/mol. The molecule has 1 aliphatic heterocycles. The van der Waals surface area contributed by atoms with Crippen molar-refractivity contribution in [3.8, 4) is 5.75 Å². The SMILES string of the molecule is COc1cccc2cc(C(=O)C3=C(O)C(=O)N(c4nc5c(C)cc(C)cc5s4)C3c3cccc([N+](=O)[O-])c3)oc12. The highest BCUT2D eigenvalue weighted by Gasteiger charge is 2.47. The molecule has 1 aliphatic rings. The first-order chi connectivity index (χ1) is 19.2. The number of aromatic nitrogens is 1. The van der Waals surface area contributed by atoms with Gasteiger partial charge in [-0.05, 0) is 48.7 Å². The van der Waals surface area contributed by atoms with Gasteiger partial charge in [-0.2, -0.15) is 0 Å². The maximum Gasteiger partial charge on any atom is 0.296 e. The van der Waals surface area contributed by atoms with E-state index in [1.165, 1.54) is 47.6 Å². The maximum atomic E-state index is 13.9. The van der Waals surface area contributed by atoms with Gasteiger partial charge in [0.1, 0.15) is 0 Å². The number of hydrogen-bond donors (Lipinski definition) is 1. The molecule has 1 amide bonds. The minimum absolute atomic E-state index is 0.123. The molecule has 3 heterocycles. The van der Waals surface area contributed by atoms with Crippen LogP contribution in [0.2, 0.25) is 0 Å². The number of ether oxygens (including phenoxy) is 1. The Bertz CT molecular complexity index is 1920. The first kappa shape index (κ1) is 25.3. The number of carbonyl (C=O) groups excluding carboxylic acids is 2. The Morgan fingerprint density at radius 1 is 1.15 bits per heavy atom. The number of non-ortho nitro benzene ring substituents is 1. The summed E-state index contributed by atoms with van der Waals surface area (Å²) < 4.78 is 12.0. The molecular formula is C29H21N3O7S. The van der Waals surface area contributed by atoms with Crippen molar-refractivity contribution in [2.75, 3.05) is 12.0 Å². The number of thiazole rings is 1. The highest BCUT2D eigenvalue weighted by atomic mass is 32.1. The fourth-order valence-corrected chi connectivity index (χ4v) is 6.23. The number of carbonyl (C=O) groups is 2. The van der Waals surface area contributed by atoms with Crippen LogP contribution in [-0.4, -0.2) is 33.8 Å². The summed E-state index contributed by atoms with van der Waals surface area (Å²) in [7, 11) is 1.47. The summed E-state index contributed by atoms with van der Waals surface area (Å²) in [6.07, 6.45) is 0. The van der Waals surface area contributed by atoms with E-state index in [4.69, 9.17) is 9.15 Å². The van der Waals surface area contributed by atoms with Crippen LogP contribution >= 0.6 is 11.3 Å². The molecule has 6 rings (SSSR count). The van der Waals surface area contributed by atoms with Gasteiger partial charge in [0, 0.05) is 17.5 Å². The average Bonchev–Trinajstić information content (AvgIpc) is 3.62. The molecule has 40 heavy (non-hydrogen) atoms. The number of aliphatic hydroxyl groups is 1. The number of aliphatic hydroxyl groups excluding tert-OH is 1. The Morgan fingerprint density at radius 3 is 2.67 bits per heavy atom. The van der Waals surface area contributed by atoms with Gasteiger partial charge in [-0.25, -0.2) is 4.98 Å². The van der Waals surface area contributed by atoms with Crippen LogP contribution in [0.3, 0.4) is 0 Å². The summed E-state index contributed by atoms with van der Waals surface area (Å²) in [5.74, 6) is -2.07. The molecule has 0 saturated carbocycles. The van der Waals surface area contributed by atoms with E-state index in [2.05, 4.69) is 4.98 Å². The molecule has 1 N–H and O–H groups in total. The highest BCUT2D eigenvalue weighted by Crippen LogP contribution is 2.45. The van der Waals surface area contributed by atoms with E-state index < -0.39 is 28.4 Å². The second-order valence-corrected chi connectivity index (χ2v) is 10.4. The number of ketones is 1. The zero-order chi connectivity index (χ0) is 28.3. The largest absolute Gasteiger partial charge is 0.503 e. The van der Waals surface area contributed by atoms with Gasteiger partial charge in [0.05, 0.1) is 33.9 Å². The number of methoxy groups -OCH3 is 1. The minimum Gasteiger partial charge on any atom is -0.503 e. The second-order valence-electron chi connectivity index (χ2n) is 9.44. The number of fused-ring (bicyclic) bond motifs is 2. The van der Waals surface area contributed by atoms with Gasteiger partial charge in [-0.3, -0.25) is 24.6 Å². The Morgan fingerprint density at radius 2 is 1.93 bits per heavy atom. The van der Waals surface area contributed by atoms with E-state index in [1.807, 2.05) is 26.0 Å². The van der Waals surface area contributed by atoms with E-state index in [0.29, 0.717) is 22.2 Å². The average molecular weight is 556 g/mol. The van der Waals surface area contributed by atoms with Gasteiger partial charge in [0.15, 0.2) is 28.0 Å². The zero-order valence-electron chi connectivity index (χ0n) is 21.5. The van der Waals surface area contributed by atoms with Gasteiger partial charge in [0.25, 0.3) is 11.6 Å². The summed E-state index contributed by atoms with van der Waals surface area (Å²) in [4.78, 5) is 44.5. The molecule has 0 fully saturated rings. The van der Waals surface area contributed by atoms with Crippen LogP contribution in [0.5, 0.6) is 5.75 Å². The number of nitrogens with zero attached hydrogens (tertiary/aromatic N) is 3. The molecule has 0 saturated heterocycles. The molecule has 2 aromatic heterocycles. The van der Waals surface area contributed by atoms with Crippen LogP contribution in [0.15, 0.2) is 76.4 Å². The molecule has 10 nitrogen and oxygen atoms in total. The molecule has 200 valence electrons. The molecule has 0 bridgehead atoms. The van der Waals surface area contributed by atoms with Crippen LogP contribution in [0, 0.1) is 24.0 Å². The van der Waals surface area contributed by atoms with E-state index >= 15 is 0 Å². The molecule has 5 aromatic rings. The third-order valence-electron chi connectivity index (χ3n) is 6.83. The number of rotatable bonds is 6. The van der Waals surface area contributed by atoms with Crippen LogP contribution in [0.25, 0.3) is 21.2 Å². The van der Waals surface area contributed by atoms with E-state index in [-0.39, 0.29) is 27.7 Å². The summed E-state index contributed by atoms with van der Waals surface area (Å²) in [6.45, 7) is 3.86. The molecule has 1 atom stereocenters. The predicted molar refractivity (Wildman–Crippen MR) is 149 cm³/mol. The quantitative estimate of drug-likeness (QED) is 0.145. The van der Waals surface area contributed by atoms with Crippen molar-refractivity contribution in [1.29, 1.82) is 0 Å². The van der Waals surface area contributed by atoms with Crippen molar-refractivity contribution in [1.82, 2.24) is 4.98 Å². The van der Waals surface area contributed by atoms with Crippen molar-refractivity contribution in [3.05, 3.63) is 105 Å². The van der Waals surface area contributed by atoms with Crippen molar-refractivity contribution in [2.24, 2.45) is 0 Å². The molecule has 0 aliphatic carbocycles. The van der Waals surface area contributed by atoms with Gasteiger partial charge in [0.2, 0.25) is 5.78 Å². The summed E-state index contributed by atoms with van der Waals surface area (Å²) in [5, 5.41) is 23.5. The number of nitro groups is 1. The van der Waals surface area contributed by atoms with E-state index in [0.717, 1.165) is 15.8 Å². The maximum absolute atomic E-state index is 13.9. The number of benzene rings is 3. The normalized spacial score (nSPS) is 15.4. The number of hydrogen-bond acceptors (Lipinski definition) is 9. The van der Waals surface area contributed by atoms with Crippen LogP contribution in [-0.2, 0) is 4.79 Å². The number of furan rings is 1. The van der Waals surface area contributed by atoms with Crippen molar-refractivity contribution < 1.29 is 28.8 Å². The van der Waals surface area contributed by atoms with Crippen LogP contribution in [0.1, 0.15) is 33.3 Å². The lowest BCUT2D eigenvalue weighted by Crippen LogP contribution is -2.31. The standard InChI is InChI=1S/C29H21N3O7S/c1-14-10-15(2)23-21(11-14)40-29(30-23)31-24(16-6-4-8-18(12-16)32(36)37)22(26(34)28(31)35)25(33)20-13-17-7-5-9-19(38-3)27(17)39-20/h4-13,24,34H,1-3H3. The van der Waals surface area contributed by atoms with Gasteiger partial charge in [-0.15, -0.1) is 0 Å². The van der Waals surface area contributed by atoms with Crippen molar-refractivity contribution >= 4 is 55.0 Å². The number of para-hydroxylation sites is 1. The smallest absolute Gasteiger partial charge is 0.296 e. The molecule has 0 spiro atoms. The third-order valence-corrected chi connectivity index (χ3v) is 7.83. The molecule has 3 aromatic carbocycles. The first-order valence-corrected chi connectivity index (χ1v) is 13.0. The Hall–Kier alpha value is -5.03. The first-order valence-electron chi connectivity index (χ1n) is 12.2. The Kier molecular flexibility index (Phi) is 5.88. The summed E-state index contributed by atoms with van der Waals surface area (Å²) >= 11 is 1.23. The Balaban J connectivity index is 1.54. The number of nitro benzene ring substituents is 1. The van der Waals surface area contributed by atoms with Crippen LogP contribution in [0.4, 0.5) is 10.8 Å². The fraction of sp³-hybridized carbons (Fsp3) is 0.138. The second kappa shape index (κ2) is 9.31. The molecule has 11 heteroatoms. The Labute approximate surface area is 230 Å². The lowest BCUT2D eigenvalue weighted by Gasteiger charge is -2.24. The lowest BCUT2D eigenvalue weighted by atomic mass is 9.95. The van der Waals surface area contributed by atoms with Gasteiger partial charge >= 0.3 is 0 Å². The number of amides is 1. The summed E-state index contributed by atoms with van der Waals surface area (Å²) in [5.41, 5.74) is 2.69. The lowest BCUT2D eigenvalue weighted by molar-refractivity contribution is -0.384. The van der Waals surface area contributed by atoms with Gasteiger partial charge in [-0.1, -0.05) is 41.7 Å². The predicted octanol–water partition coefficient (Wildman–Crippen LogP) is 6.36. The fourth-order valence-electron chi connectivity index (χ4n) is 5.06. The highest BCUT2D eigenvalue weighted by molar-refractivity contribution is 7.22. The van der Waals surface area contributed by atoms with Crippen molar-refractivity contribution in [3.63, 3.8) is 0 Å². The number of anilines is 1. The zero-order valence-corrected chi connectivity index (χ0v) is 22.3. The van der Waals surface area contributed by atoms with E-state index in [9.17, 15) is 24.8 Å². The number of aryl methyl sites for hydroxylation is 2. The monoisotopic (exact) mass is 555 g/mol. The molecule has 1 unspecified atom stereocenters. The van der Waals surface area contributed by atoms with Gasteiger partial charge < -0.3 is 14.3 Å². The minimum atomic E-state index is -1.20.